The number of nitriles is 1. The Balaban J connectivity index is 1.80. The van der Waals surface area contributed by atoms with Crippen LogP contribution < -0.4 is 10.1 Å². The van der Waals surface area contributed by atoms with Gasteiger partial charge in [-0.1, -0.05) is 56.7 Å². The molecular weight excluding hydrogens is 634 g/mol. The molecule has 2 atom stereocenters. The molecule has 49 heavy (non-hydrogen) atoms. The van der Waals surface area contributed by atoms with E-state index in [1.54, 1.807) is 24.3 Å². The average molecular weight is 674 g/mol. The van der Waals surface area contributed by atoms with Gasteiger partial charge in [0.25, 0.3) is 0 Å². The van der Waals surface area contributed by atoms with Crippen molar-refractivity contribution < 1.29 is 47.6 Å². The highest BCUT2D eigenvalue weighted by atomic mass is 16.6. The van der Waals surface area contributed by atoms with Gasteiger partial charge in [-0.25, -0.2) is 19.4 Å². The first-order valence-electron chi connectivity index (χ1n) is 16.5. The number of aliphatic imine (C=N–C) groups is 1. The third kappa shape index (κ3) is 4.99. The van der Waals surface area contributed by atoms with Crippen molar-refractivity contribution in [3.8, 4) is 11.8 Å². The van der Waals surface area contributed by atoms with Crippen molar-refractivity contribution >= 4 is 29.8 Å². The number of hydrogen-bond donors (Lipinski definition) is 1. The maximum Gasteiger partial charge on any atom is 0.344 e. The summed E-state index contributed by atoms with van der Waals surface area (Å²) in [5.74, 6) is -4.68. The Kier molecular flexibility index (Phi) is 9.24. The third-order valence-corrected chi connectivity index (χ3v) is 10.1. The molecule has 0 unspecified atom stereocenters. The molecule has 6 rings (SSSR count). The van der Waals surface area contributed by atoms with Crippen LogP contribution in [-0.2, 0) is 48.5 Å². The number of ether oxygens (including phenoxy) is 6. The number of methoxy groups -OCH3 is 4. The first kappa shape index (κ1) is 33.8. The van der Waals surface area contributed by atoms with Crippen LogP contribution in [-0.4, -0.2) is 70.3 Å². The van der Waals surface area contributed by atoms with E-state index in [0.717, 1.165) is 79.8 Å². The van der Waals surface area contributed by atoms with E-state index in [4.69, 9.17) is 33.4 Å². The van der Waals surface area contributed by atoms with Crippen molar-refractivity contribution in [3.05, 3.63) is 63.6 Å². The highest BCUT2D eigenvalue weighted by Gasteiger charge is 2.79. The molecule has 1 spiro atoms. The highest BCUT2D eigenvalue weighted by Crippen LogP contribution is 2.68. The molecule has 0 amide bonds. The highest BCUT2D eigenvalue weighted by molar-refractivity contribution is 6.25. The molecule has 2 aliphatic heterocycles. The minimum absolute atomic E-state index is 0.0149. The van der Waals surface area contributed by atoms with Gasteiger partial charge in [-0.3, -0.25) is 4.79 Å². The van der Waals surface area contributed by atoms with Crippen molar-refractivity contribution in [3.63, 3.8) is 0 Å². The number of hydrogen-bond acceptors (Lipinski definition) is 13. The average Bonchev–Trinajstić information content (AvgIpc) is 3.62. The molecule has 258 valence electrons. The van der Waals surface area contributed by atoms with Gasteiger partial charge >= 0.3 is 23.9 Å². The minimum Gasteiger partial charge on any atom is -0.468 e. The predicted molar refractivity (Wildman–Crippen MR) is 171 cm³/mol. The smallest absolute Gasteiger partial charge is 0.344 e. The van der Waals surface area contributed by atoms with Gasteiger partial charge < -0.3 is 33.7 Å². The predicted octanol–water partition coefficient (Wildman–Crippen LogP) is 3.98. The van der Waals surface area contributed by atoms with Crippen LogP contribution in [0, 0.1) is 16.7 Å². The van der Waals surface area contributed by atoms with E-state index in [-0.39, 0.29) is 57.5 Å². The van der Waals surface area contributed by atoms with E-state index in [9.17, 15) is 24.4 Å². The zero-order valence-corrected chi connectivity index (χ0v) is 28.0. The molecule has 5 aliphatic rings. The fraction of sp³-hybridized carbons (Fsp3) is 0.500. The summed E-state index contributed by atoms with van der Waals surface area (Å²) in [6.07, 6.45) is 8.49. The van der Waals surface area contributed by atoms with Crippen molar-refractivity contribution in [2.45, 2.75) is 81.9 Å². The lowest BCUT2D eigenvalue weighted by Crippen LogP contribution is -2.60. The number of nitrogens with zero attached hydrogens (tertiary/aromatic N) is 2. The van der Waals surface area contributed by atoms with Crippen LogP contribution in [0.3, 0.4) is 0 Å². The Labute approximate surface area is 283 Å². The van der Waals surface area contributed by atoms with Gasteiger partial charge in [0.2, 0.25) is 16.9 Å². The second kappa shape index (κ2) is 13.4. The van der Waals surface area contributed by atoms with Crippen LogP contribution in [0.25, 0.3) is 0 Å². The van der Waals surface area contributed by atoms with Gasteiger partial charge in [0, 0.05) is 11.6 Å². The molecule has 1 N–H and O–H groups in total. The quantitative estimate of drug-likeness (QED) is 0.327. The van der Waals surface area contributed by atoms with Crippen molar-refractivity contribution in [1.29, 1.82) is 5.26 Å². The van der Waals surface area contributed by atoms with Crippen molar-refractivity contribution in [1.82, 2.24) is 5.32 Å². The number of esters is 4. The summed E-state index contributed by atoms with van der Waals surface area (Å²) in [5.41, 5.74) is -6.33. The van der Waals surface area contributed by atoms with Crippen molar-refractivity contribution in [2.75, 3.05) is 28.4 Å². The van der Waals surface area contributed by atoms with Crippen molar-refractivity contribution in [2.24, 2.45) is 10.4 Å². The van der Waals surface area contributed by atoms with Crippen LogP contribution in [0.1, 0.15) is 69.8 Å². The Bertz CT molecular complexity index is 1760. The van der Waals surface area contributed by atoms with Crippen LogP contribution in [0.15, 0.2) is 63.0 Å². The number of nitrogens with one attached hydrogen (secondary N) is 1. The lowest BCUT2D eigenvalue weighted by Gasteiger charge is -2.48. The minimum atomic E-state index is -2.56. The summed E-state index contributed by atoms with van der Waals surface area (Å²) < 4.78 is 34.6. The Morgan fingerprint density at radius 1 is 0.837 bits per heavy atom. The van der Waals surface area contributed by atoms with Gasteiger partial charge in [-0.05, 0) is 31.7 Å². The van der Waals surface area contributed by atoms with Crippen LogP contribution in [0.4, 0.5) is 0 Å². The third-order valence-electron chi connectivity index (χ3n) is 10.1. The maximum absolute atomic E-state index is 14.8. The van der Waals surface area contributed by atoms with Gasteiger partial charge in [0.05, 0.1) is 45.8 Å². The molecule has 2 heterocycles. The molecule has 2 fully saturated rings. The lowest BCUT2D eigenvalue weighted by atomic mass is 9.59. The van der Waals surface area contributed by atoms with Crippen LogP contribution >= 0.6 is 0 Å². The number of carbonyl (C=O) groups is 4. The first-order chi connectivity index (χ1) is 23.7. The number of carbonyl (C=O) groups excluding carboxylic acids is 4. The lowest BCUT2D eigenvalue weighted by molar-refractivity contribution is -0.167. The topological polar surface area (TPSA) is 172 Å². The summed E-state index contributed by atoms with van der Waals surface area (Å²) in [4.78, 5) is 62.0. The second-order valence-corrected chi connectivity index (χ2v) is 12.6. The van der Waals surface area contributed by atoms with E-state index in [1.807, 2.05) is 0 Å². The van der Waals surface area contributed by atoms with E-state index in [1.165, 1.54) is 0 Å². The molecule has 0 aromatic heterocycles. The second-order valence-electron chi connectivity index (χ2n) is 12.6. The molecule has 3 aliphatic carbocycles. The zero-order chi connectivity index (χ0) is 34.9. The van der Waals surface area contributed by atoms with Gasteiger partial charge in [0.1, 0.15) is 28.5 Å². The maximum atomic E-state index is 14.8. The Morgan fingerprint density at radius 2 is 1.45 bits per heavy atom. The SMILES string of the molecule is COC(=O)C1=C(C(=O)OC)[C@@]2(OC1=NC1CCCCC1)c1ccccc1OC1=C(C#N)C(NC3CCCCC3)=C(C(=O)OC)[C@]12C(=O)OC. The van der Waals surface area contributed by atoms with Gasteiger partial charge in [-0.2, -0.15) is 5.26 Å². The standard InChI is InChI=1S/C36H39N3O10/c1-44-31(40)25-26(32(41)45-2)36(49-30(25)39-21-15-9-6-10-16-21)23-17-11-12-18-24(23)48-29-22(19-37)28(38-20-13-7-5-8-14-20)27(33(42)46-3)35(29,36)34(43)47-4/h11-12,17-18,20-21,38H,5-10,13-16H2,1-4H3/t35-,36+/m1/s1. The molecule has 13 nitrogen and oxygen atoms in total. The van der Waals surface area contributed by atoms with Gasteiger partial charge in [-0.15, -0.1) is 0 Å². The summed E-state index contributed by atoms with van der Waals surface area (Å²) in [5, 5.41) is 14.1. The number of benzene rings is 1. The molecule has 0 bridgehead atoms. The fourth-order valence-corrected chi connectivity index (χ4v) is 7.99. The number of para-hydroxylation sites is 1. The monoisotopic (exact) mass is 673 g/mol. The summed E-state index contributed by atoms with van der Waals surface area (Å²) >= 11 is 0. The molecule has 0 radical (unpaired) electrons. The Morgan fingerprint density at radius 3 is 2.06 bits per heavy atom. The zero-order valence-electron chi connectivity index (χ0n) is 28.0. The molecular formula is C36H39N3O10. The van der Waals surface area contributed by atoms with E-state index >= 15 is 0 Å². The summed E-state index contributed by atoms with van der Waals surface area (Å²) in [7, 11) is 4.49. The molecule has 1 aromatic rings. The summed E-state index contributed by atoms with van der Waals surface area (Å²) in [6.45, 7) is 0. The van der Waals surface area contributed by atoms with Crippen LogP contribution in [0.5, 0.6) is 5.75 Å². The molecule has 1 aromatic carbocycles. The summed E-state index contributed by atoms with van der Waals surface area (Å²) in [6, 6.07) is 8.08. The molecule has 0 saturated heterocycles. The number of allylic oxidation sites excluding steroid dienone is 1. The Hall–Kier alpha value is -5.12. The van der Waals surface area contributed by atoms with E-state index in [0.29, 0.717) is 12.8 Å². The van der Waals surface area contributed by atoms with E-state index in [2.05, 4.69) is 11.4 Å². The largest absolute Gasteiger partial charge is 0.468 e. The van der Waals surface area contributed by atoms with E-state index < -0.39 is 40.5 Å². The first-order valence-corrected chi connectivity index (χ1v) is 16.5. The normalized spacial score (nSPS) is 26.0. The fourth-order valence-electron chi connectivity index (χ4n) is 7.99. The van der Waals surface area contributed by atoms with Crippen LogP contribution in [0.2, 0.25) is 0 Å². The number of fused-ring (bicyclic) bond motifs is 4. The molecule has 2 saturated carbocycles. The molecule has 13 heteroatoms. The number of rotatable bonds is 7. The van der Waals surface area contributed by atoms with Gasteiger partial charge in [0.15, 0.2) is 5.76 Å².